The second-order valence-corrected chi connectivity index (χ2v) is 4.03. The Hall–Kier alpha value is -1.16. The molecule has 0 radical (unpaired) electrons. The van der Waals surface area contributed by atoms with Crippen LogP contribution in [0.1, 0.15) is 12.5 Å². The van der Waals surface area contributed by atoms with E-state index in [-0.39, 0.29) is 5.75 Å². The highest BCUT2D eigenvalue weighted by atomic mass is 79.9. The summed E-state index contributed by atoms with van der Waals surface area (Å²) >= 11 is 3.27. The normalized spacial score (nSPS) is 17.6. The Labute approximate surface area is 90.1 Å². The Kier molecular flexibility index (Phi) is 2.15. The van der Waals surface area contributed by atoms with Crippen LogP contribution >= 0.6 is 15.9 Å². The lowest BCUT2D eigenvalue weighted by Crippen LogP contribution is -2.22. The smallest absolute Gasteiger partial charge is 0.277 e. The molecule has 1 aliphatic heterocycles. The molecule has 1 aliphatic rings. The molecular weight excluding hydrogens is 248 g/mol. The van der Waals surface area contributed by atoms with Crippen molar-refractivity contribution in [2.75, 3.05) is 0 Å². The van der Waals surface area contributed by atoms with E-state index < -0.39 is 5.79 Å². The molecule has 4 heteroatoms. The number of benzene rings is 1. The molecule has 1 aromatic carbocycles. The number of phenolic OH excluding ortho intramolecular Hbond substituents is 1. The SMILES string of the molecule is CC1(c2ccc(Br)cc2O)OC=CO1. The molecular formula is C10H9BrO3. The molecule has 74 valence electrons. The minimum Gasteiger partial charge on any atom is -0.507 e. The third kappa shape index (κ3) is 1.46. The van der Waals surface area contributed by atoms with E-state index in [1.807, 2.05) is 6.07 Å². The highest BCUT2D eigenvalue weighted by Gasteiger charge is 2.34. The number of hydrogen-bond donors (Lipinski definition) is 1. The van der Waals surface area contributed by atoms with Crippen LogP contribution in [0.2, 0.25) is 0 Å². The molecule has 0 amide bonds. The first-order valence-corrected chi connectivity index (χ1v) is 4.91. The Morgan fingerprint density at radius 2 is 1.93 bits per heavy atom. The van der Waals surface area contributed by atoms with Crippen LogP contribution in [-0.2, 0) is 15.3 Å². The molecule has 1 aromatic rings. The third-order valence-corrected chi connectivity index (χ3v) is 2.58. The number of aromatic hydroxyl groups is 1. The maximum atomic E-state index is 9.70. The van der Waals surface area contributed by atoms with Gasteiger partial charge in [0, 0.05) is 11.4 Å². The molecule has 0 unspecified atom stereocenters. The first kappa shape index (κ1) is 9.40. The van der Waals surface area contributed by atoms with Gasteiger partial charge in [0.2, 0.25) is 0 Å². The summed E-state index contributed by atoms with van der Waals surface area (Å²) in [6.45, 7) is 1.75. The van der Waals surface area contributed by atoms with Crippen molar-refractivity contribution in [3.05, 3.63) is 40.8 Å². The molecule has 0 fully saturated rings. The molecule has 2 rings (SSSR count). The predicted molar refractivity (Wildman–Crippen MR) is 54.5 cm³/mol. The van der Waals surface area contributed by atoms with Crippen LogP contribution in [-0.4, -0.2) is 5.11 Å². The average molecular weight is 257 g/mol. The van der Waals surface area contributed by atoms with Crippen molar-refractivity contribution >= 4 is 15.9 Å². The van der Waals surface area contributed by atoms with Gasteiger partial charge in [0.1, 0.15) is 18.3 Å². The summed E-state index contributed by atoms with van der Waals surface area (Å²) in [4.78, 5) is 0. The molecule has 0 bridgehead atoms. The van der Waals surface area contributed by atoms with E-state index >= 15 is 0 Å². The molecule has 0 aromatic heterocycles. The van der Waals surface area contributed by atoms with Gasteiger partial charge in [0.05, 0.1) is 5.56 Å². The number of halogens is 1. The Morgan fingerprint density at radius 1 is 1.29 bits per heavy atom. The van der Waals surface area contributed by atoms with Crippen LogP contribution in [0.4, 0.5) is 0 Å². The number of phenols is 1. The molecule has 14 heavy (non-hydrogen) atoms. The number of ether oxygens (including phenoxy) is 2. The highest BCUT2D eigenvalue weighted by Crippen LogP contribution is 2.37. The van der Waals surface area contributed by atoms with Crippen molar-refractivity contribution in [2.45, 2.75) is 12.7 Å². The second-order valence-electron chi connectivity index (χ2n) is 3.12. The molecule has 0 saturated heterocycles. The van der Waals surface area contributed by atoms with Crippen LogP contribution < -0.4 is 0 Å². The Bertz CT molecular complexity index is 379. The first-order valence-electron chi connectivity index (χ1n) is 4.11. The first-order chi connectivity index (χ1) is 6.62. The molecule has 1 heterocycles. The summed E-state index contributed by atoms with van der Waals surface area (Å²) in [5, 5.41) is 9.70. The minimum absolute atomic E-state index is 0.144. The van der Waals surface area contributed by atoms with Crippen LogP contribution in [0, 0.1) is 0 Å². The topological polar surface area (TPSA) is 38.7 Å². The zero-order valence-electron chi connectivity index (χ0n) is 7.53. The maximum Gasteiger partial charge on any atom is 0.277 e. The zero-order chi connectivity index (χ0) is 10.2. The van der Waals surface area contributed by atoms with Crippen molar-refractivity contribution in [2.24, 2.45) is 0 Å². The molecule has 1 N–H and O–H groups in total. The van der Waals surface area contributed by atoms with Crippen molar-refractivity contribution in [3.8, 4) is 5.75 Å². The Balaban J connectivity index is 2.41. The fourth-order valence-electron chi connectivity index (χ4n) is 1.36. The van der Waals surface area contributed by atoms with Gasteiger partial charge >= 0.3 is 0 Å². The largest absolute Gasteiger partial charge is 0.507 e. The summed E-state index contributed by atoms with van der Waals surface area (Å²) in [6, 6.07) is 5.18. The van der Waals surface area contributed by atoms with Gasteiger partial charge in [-0.3, -0.25) is 0 Å². The standard InChI is InChI=1S/C10H9BrO3/c1-10(13-4-5-14-10)8-3-2-7(11)6-9(8)12/h2-6,12H,1H3. The molecule has 0 saturated carbocycles. The van der Waals surface area contributed by atoms with Gasteiger partial charge in [-0.1, -0.05) is 15.9 Å². The summed E-state index contributed by atoms with van der Waals surface area (Å²) in [6.07, 6.45) is 2.92. The van der Waals surface area contributed by atoms with Gasteiger partial charge in [-0.25, -0.2) is 0 Å². The van der Waals surface area contributed by atoms with Crippen molar-refractivity contribution in [1.29, 1.82) is 0 Å². The fourth-order valence-corrected chi connectivity index (χ4v) is 1.71. The van der Waals surface area contributed by atoms with Gasteiger partial charge in [0.25, 0.3) is 5.79 Å². The van der Waals surface area contributed by atoms with Crippen LogP contribution in [0.25, 0.3) is 0 Å². The van der Waals surface area contributed by atoms with E-state index in [0.717, 1.165) is 4.47 Å². The summed E-state index contributed by atoms with van der Waals surface area (Å²) in [5.74, 6) is -0.768. The van der Waals surface area contributed by atoms with Crippen LogP contribution in [0.15, 0.2) is 35.2 Å². The van der Waals surface area contributed by atoms with Crippen molar-refractivity contribution in [1.82, 2.24) is 0 Å². The molecule has 0 aliphatic carbocycles. The van der Waals surface area contributed by atoms with E-state index in [1.54, 1.807) is 19.1 Å². The Morgan fingerprint density at radius 3 is 2.50 bits per heavy atom. The van der Waals surface area contributed by atoms with Crippen LogP contribution in [0.5, 0.6) is 5.75 Å². The summed E-state index contributed by atoms with van der Waals surface area (Å²) in [7, 11) is 0. The second kappa shape index (κ2) is 3.20. The van der Waals surface area contributed by atoms with Gasteiger partial charge in [-0.05, 0) is 18.2 Å². The predicted octanol–water partition coefficient (Wildman–Crippen LogP) is 2.85. The monoisotopic (exact) mass is 256 g/mol. The van der Waals surface area contributed by atoms with E-state index in [9.17, 15) is 5.11 Å². The highest BCUT2D eigenvalue weighted by molar-refractivity contribution is 9.10. The number of rotatable bonds is 1. The van der Waals surface area contributed by atoms with Gasteiger partial charge in [-0.15, -0.1) is 0 Å². The molecule has 0 spiro atoms. The van der Waals surface area contributed by atoms with E-state index in [4.69, 9.17) is 9.47 Å². The summed E-state index contributed by atoms with van der Waals surface area (Å²) < 4.78 is 11.4. The lowest BCUT2D eigenvalue weighted by molar-refractivity contribution is -0.134. The molecule has 0 atom stereocenters. The lowest BCUT2D eigenvalue weighted by Gasteiger charge is -2.24. The van der Waals surface area contributed by atoms with E-state index in [1.165, 1.54) is 12.5 Å². The quantitative estimate of drug-likeness (QED) is 0.840. The third-order valence-electron chi connectivity index (χ3n) is 2.09. The lowest BCUT2D eigenvalue weighted by atomic mass is 10.1. The van der Waals surface area contributed by atoms with E-state index in [0.29, 0.717) is 5.56 Å². The fraction of sp³-hybridized carbons (Fsp3) is 0.200. The number of hydrogen-bond acceptors (Lipinski definition) is 3. The summed E-state index contributed by atoms with van der Waals surface area (Å²) in [5.41, 5.74) is 0.602. The maximum absolute atomic E-state index is 9.70. The average Bonchev–Trinajstić information content (AvgIpc) is 2.52. The van der Waals surface area contributed by atoms with Crippen LogP contribution in [0.3, 0.4) is 0 Å². The van der Waals surface area contributed by atoms with Gasteiger partial charge in [-0.2, -0.15) is 0 Å². The zero-order valence-corrected chi connectivity index (χ0v) is 9.11. The van der Waals surface area contributed by atoms with E-state index in [2.05, 4.69) is 15.9 Å². The van der Waals surface area contributed by atoms with Gasteiger partial charge < -0.3 is 14.6 Å². The van der Waals surface area contributed by atoms with Crippen molar-refractivity contribution < 1.29 is 14.6 Å². The van der Waals surface area contributed by atoms with Gasteiger partial charge in [0.15, 0.2) is 0 Å². The van der Waals surface area contributed by atoms with Crippen molar-refractivity contribution in [3.63, 3.8) is 0 Å². The molecule has 3 nitrogen and oxygen atoms in total. The minimum atomic E-state index is -0.912.